The Morgan fingerprint density at radius 2 is 0.733 bits per heavy atom. The Labute approximate surface area is 177 Å². The van der Waals surface area contributed by atoms with Crippen LogP contribution in [0.2, 0.25) is 0 Å². The maximum atomic E-state index is 5.49. The number of hydrogen-bond acceptors (Lipinski definition) is 8. The smallest absolute Gasteiger partial charge is 0.203 e. The molecule has 2 aromatic rings. The SMILES string of the molecule is COc1cc(N2CCN(c3cc(OC)c(OC)c(OC)c3)CC2)cc(OC)c1OC. The van der Waals surface area contributed by atoms with Crippen molar-refractivity contribution in [1.82, 2.24) is 0 Å². The third kappa shape index (κ3) is 4.08. The van der Waals surface area contributed by atoms with Crippen LogP contribution in [0.5, 0.6) is 34.5 Å². The molecule has 0 aliphatic carbocycles. The van der Waals surface area contributed by atoms with Gasteiger partial charge >= 0.3 is 0 Å². The van der Waals surface area contributed by atoms with E-state index in [1.807, 2.05) is 24.3 Å². The minimum Gasteiger partial charge on any atom is -0.493 e. The van der Waals surface area contributed by atoms with Crippen LogP contribution in [0.1, 0.15) is 0 Å². The van der Waals surface area contributed by atoms with Crippen LogP contribution in [-0.4, -0.2) is 68.8 Å². The summed E-state index contributed by atoms with van der Waals surface area (Å²) < 4.78 is 32.8. The van der Waals surface area contributed by atoms with Gasteiger partial charge in [-0.05, 0) is 0 Å². The van der Waals surface area contributed by atoms with Crippen molar-refractivity contribution >= 4 is 11.4 Å². The molecule has 0 N–H and O–H groups in total. The summed E-state index contributed by atoms with van der Waals surface area (Å²) in [6.45, 7) is 3.37. The largest absolute Gasteiger partial charge is 0.493 e. The number of benzene rings is 2. The van der Waals surface area contributed by atoms with Gasteiger partial charge in [0.15, 0.2) is 23.0 Å². The molecular weight excluding hydrogens is 388 g/mol. The second-order valence-electron chi connectivity index (χ2n) is 6.74. The van der Waals surface area contributed by atoms with E-state index in [0.717, 1.165) is 37.6 Å². The number of nitrogens with zero attached hydrogens (tertiary/aromatic N) is 2. The average Bonchev–Trinajstić information content (AvgIpc) is 2.81. The summed E-state index contributed by atoms with van der Waals surface area (Å²) in [6, 6.07) is 7.93. The van der Waals surface area contributed by atoms with Crippen LogP contribution in [0.15, 0.2) is 24.3 Å². The predicted molar refractivity (Wildman–Crippen MR) is 117 cm³/mol. The van der Waals surface area contributed by atoms with Crippen LogP contribution >= 0.6 is 0 Å². The average molecular weight is 418 g/mol. The first-order valence-corrected chi connectivity index (χ1v) is 9.70. The Bertz CT molecular complexity index is 743. The Morgan fingerprint density at radius 3 is 0.933 bits per heavy atom. The second kappa shape index (κ2) is 9.56. The minimum absolute atomic E-state index is 0.597. The Hall–Kier alpha value is -3.16. The Balaban J connectivity index is 1.80. The fourth-order valence-electron chi connectivity index (χ4n) is 3.72. The van der Waals surface area contributed by atoms with Crippen molar-refractivity contribution in [2.24, 2.45) is 0 Å². The van der Waals surface area contributed by atoms with E-state index >= 15 is 0 Å². The van der Waals surface area contributed by atoms with Crippen LogP contribution in [0.4, 0.5) is 11.4 Å². The van der Waals surface area contributed by atoms with Gasteiger partial charge in [-0.3, -0.25) is 0 Å². The van der Waals surface area contributed by atoms with Gasteiger partial charge in [-0.1, -0.05) is 0 Å². The summed E-state index contributed by atoms with van der Waals surface area (Å²) in [4.78, 5) is 4.61. The molecule has 30 heavy (non-hydrogen) atoms. The fourth-order valence-corrected chi connectivity index (χ4v) is 3.72. The predicted octanol–water partition coefficient (Wildman–Crippen LogP) is 3.06. The van der Waals surface area contributed by atoms with Crippen molar-refractivity contribution in [3.63, 3.8) is 0 Å². The third-order valence-electron chi connectivity index (χ3n) is 5.31. The third-order valence-corrected chi connectivity index (χ3v) is 5.31. The lowest BCUT2D eigenvalue weighted by atomic mass is 10.2. The van der Waals surface area contributed by atoms with Gasteiger partial charge in [-0.2, -0.15) is 0 Å². The first-order chi connectivity index (χ1) is 14.6. The summed E-state index contributed by atoms with van der Waals surface area (Å²) in [5.74, 6) is 3.80. The molecule has 1 heterocycles. The topological polar surface area (TPSA) is 61.9 Å². The highest BCUT2D eigenvalue weighted by Crippen LogP contribution is 2.43. The van der Waals surface area contributed by atoms with Crippen LogP contribution in [-0.2, 0) is 0 Å². The molecular formula is C22H30N2O6. The van der Waals surface area contributed by atoms with Gasteiger partial charge in [-0.25, -0.2) is 0 Å². The Kier molecular flexibility index (Phi) is 6.87. The molecule has 0 aromatic heterocycles. The van der Waals surface area contributed by atoms with Gasteiger partial charge in [0.05, 0.1) is 42.7 Å². The van der Waals surface area contributed by atoms with Crippen LogP contribution in [0.3, 0.4) is 0 Å². The molecule has 0 unspecified atom stereocenters. The van der Waals surface area contributed by atoms with E-state index in [0.29, 0.717) is 34.5 Å². The molecule has 8 nitrogen and oxygen atoms in total. The van der Waals surface area contributed by atoms with Gasteiger partial charge < -0.3 is 38.2 Å². The highest BCUT2D eigenvalue weighted by atomic mass is 16.5. The van der Waals surface area contributed by atoms with E-state index < -0.39 is 0 Å². The van der Waals surface area contributed by atoms with Crippen molar-refractivity contribution in [2.45, 2.75) is 0 Å². The van der Waals surface area contributed by atoms with Crippen molar-refractivity contribution in [2.75, 3.05) is 78.6 Å². The van der Waals surface area contributed by atoms with Gasteiger partial charge in [0, 0.05) is 61.8 Å². The van der Waals surface area contributed by atoms with Crippen LogP contribution < -0.4 is 38.2 Å². The quantitative estimate of drug-likeness (QED) is 0.648. The zero-order valence-corrected chi connectivity index (χ0v) is 18.5. The minimum atomic E-state index is 0.597. The monoisotopic (exact) mass is 418 g/mol. The summed E-state index contributed by atoms with van der Waals surface area (Å²) >= 11 is 0. The molecule has 2 aromatic carbocycles. The van der Waals surface area contributed by atoms with Crippen LogP contribution in [0, 0.1) is 0 Å². The number of rotatable bonds is 8. The summed E-state index contributed by atoms with van der Waals surface area (Å²) in [5.41, 5.74) is 2.07. The molecule has 1 aliphatic rings. The normalized spacial score (nSPS) is 13.7. The molecule has 0 spiro atoms. The van der Waals surface area contributed by atoms with E-state index in [4.69, 9.17) is 28.4 Å². The molecule has 164 valence electrons. The molecule has 3 rings (SSSR count). The fraction of sp³-hybridized carbons (Fsp3) is 0.455. The number of piperazine rings is 1. The zero-order chi connectivity index (χ0) is 21.7. The van der Waals surface area contributed by atoms with E-state index in [9.17, 15) is 0 Å². The Morgan fingerprint density at radius 1 is 0.467 bits per heavy atom. The summed E-state index contributed by atoms with van der Waals surface area (Å²) in [7, 11) is 9.73. The van der Waals surface area contributed by atoms with E-state index in [2.05, 4.69) is 9.80 Å². The first-order valence-electron chi connectivity index (χ1n) is 9.70. The highest BCUT2D eigenvalue weighted by molar-refractivity contribution is 5.66. The molecule has 1 aliphatic heterocycles. The number of hydrogen-bond donors (Lipinski definition) is 0. The molecule has 1 fully saturated rings. The number of anilines is 2. The molecule has 0 amide bonds. The molecule has 8 heteroatoms. The van der Waals surface area contributed by atoms with Crippen LogP contribution in [0.25, 0.3) is 0 Å². The lowest BCUT2D eigenvalue weighted by molar-refractivity contribution is 0.324. The summed E-state index contributed by atoms with van der Waals surface area (Å²) in [5, 5.41) is 0. The van der Waals surface area contributed by atoms with E-state index in [1.54, 1.807) is 42.7 Å². The number of methoxy groups -OCH3 is 6. The molecule has 0 radical (unpaired) electrons. The zero-order valence-electron chi connectivity index (χ0n) is 18.5. The van der Waals surface area contributed by atoms with E-state index in [-0.39, 0.29) is 0 Å². The van der Waals surface area contributed by atoms with E-state index in [1.165, 1.54) is 0 Å². The molecule has 0 saturated carbocycles. The lowest BCUT2D eigenvalue weighted by Gasteiger charge is -2.38. The molecule has 0 bridgehead atoms. The van der Waals surface area contributed by atoms with Gasteiger partial charge in [0.1, 0.15) is 0 Å². The molecule has 1 saturated heterocycles. The second-order valence-corrected chi connectivity index (χ2v) is 6.74. The van der Waals surface area contributed by atoms with Gasteiger partial charge in [0.2, 0.25) is 11.5 Å². The lowest BCUT2D eigenvalue weighted by Crippen LogP contribution is -2.46. The standard InChI is InChI=1S/C22H30N2O6/c1-25-17-11-15(12-18(26-2)21(17)29-5)23-7-9-24(10-8-23)16-13-19(27-3)22(30-6)20(14-16)28-4/h11-14H,7-10H2,1-6H3. The van der Waals surface area contributed by atoms with Gasteiger partial charge in [0.25, 0.3) is 0 Å². The summed E-state index contributed by atoms with van der Waals surface area (Å²) in [6.07, 6.45) is 0. The first kappa shape index (κ1) is 21.5. The maximum absolute atomic E-state index is 5.49. The maximum Gasteiger partial charge on any atom is 0.203 e. The van der Waals surface area contributed by atoms with Crippen molar-refractivity contribution < 1.29 is 28.4 Å². The van der Waals surface area contributed by atoms with Gasteiger partial charge in [-0.15, -0.1) is 0 Å². The number of ether oxygens (including phenoxy) is 6. The van der Waals surface area contributed by atoms with Crippen molar-refractivity contribution in [3.05, 3.63) is 24.3 Å². The van der Waals surface area contributed by atoms with Crippen molar-refractivity contribution in [3.8, 4) is 34.5 Å². The highest BCUT2D eigenvalue weighted by Gasteiger charge is 2.23. The van der Waals surface area contributed by atoms with Crippen molar-refractivity contribution in [1.29, 1.82) is 0 Å². The molecule has 0 atom stereocenters.